The Morgan fingerprint density at radius 3 is 2.71 bits per heavy atom. The predicted octanol–water partition coefficient (Wildman–Crippen LogP) is 2.39. The molecule has 0 amide bonds. The third kappa shape index (κ3) is 3.04. The molecular formula is C12H18N2O2S. The molecule has 1 aliphatic rings. The number of thiazole rings is 1. The Bertz CT molecular complexity index is 397. The molecule has 1 aromatic rings. The van der Waals surface area contributed by atoms with Gasteiger partial charge < -0.3 is 5.11 Å². The highest BCUT2D eigenvalue weighted by Crippen LogP contribution is 2.22. The molecule has 0 bridgehead atoms. The number of aromatic nitrogens is 1. The minimum atomic E-state index is -0.895. The Hall–Kier alpha value is -0.940. The predicted molar refractivity (Wildman–Crippen MR) is 67.6 cm³/mol. The van der Waals surface area contributed by atoms with E-state index in [2.05, 4.69) is 9.88 Å². The van der Waals surface area contributed by atoms with E-state index in [1.54, 1.807) is 11.3 Å². The van der Waals surface area contributed by atoms with Crippen LogP contribution in [0.15, 0.2) is 0 Å². The van der Waals surface area contributed by atoms with Crippen LogP contribution in [0.4, 0.5) is 0 Å². The topological polar surface area (TPSA) is 53.4 Å². The summed E-state index contributed by atoms with van der Waals surface area (Å²) >= 11 is 1.55. The third-order valence-electron chi connectivity index (χ3n) is 3.06. The Morgan fingerprint density at radius 1 is 1.41 bits per heavy atom. The summed E-state index contributed by atoms with van der Waals surface area (Å²) in [5, 5.41) is 10.1. The first-order valence-corrected chi connectivity index (χ1v) is 6.96. The standard InChI is InChI=1S/C12H18N2O2S/c1-2-10-13-11(12(15)16)9(17-10)8-14-6-4-3-5-7-14/h2-8H2,1H3,(H,15,16). The number of aryl methyl sites for hydroxylation is 1. The molecule has 94 valence electrons. The van der Waals surface area contributed by atoms with Gasteiger partial charge in [-0.1, -0.05) is 13.3 Å². The first-order valence-electron chi connectivity index (χ1n) is 6.15. The highest BCUT2D eigenvalue weighted by atomic mass is 32.1. The number of likely N-dealkylation sites (tertiary alicyclic amines) is 1. The first-order chi connectivity index (χ1) is 8.20. The number of hydrogen-bond acceptors (Lipinski definition) is 4. The second-order valence-electron chi connectivity index (χ2n) is 4.37. The summed E-state index contributed by atoms with van der Waals surface area (Å²) in [5.41, 5.74) is 0.262. The lowest BCUT2D eigenvalue weighted by atomic mass is 10.1. The fourth-order valence-corrected chi connectivity index (χ4v) is 3.19. The molecule has 1 aromatic heterocycles. The molecule has 0 saturated carbocycles. The van der Waals surface area contributed by atoms with Gasteiger partial charge in [-0.3, -0.25) is 4.90 Å². The third-order valence-corrected chi connectivity index (χ3v) is 4.25. The molecule has 0 aliphatic carbocycles. The monoisotopic (exact) mass is 254 g/mol. The zero-order valence-electron chi connectivity index (χ0n) is 10.1. The van der Waals surface area contributed by atoms with E-state index in [4.69, 9.17) is 5.11 Å². The molecule has 0 spiro atoms. The fraction of sp³-hybridized carbons (Fsp3) is 0.667. The summed E-state index contributed by atoms with van der Waals surface area (Å²) in [5.74, 6) is -0.895. The molecule has 1 aliphatic heterocycles. The lowest BCUT2D eigenvalue weighted by Crippen LogP contribution is -2.29. The SMILES string of the molecule is CCc1nc(C(=O)O)c(CN2CCCCC2)s1. The minimum Gasteiger partial charge on any atom is -0.476 e. The molecule has 17 heavy (non-hydrogen) atoms. The van der Waals surface area contributed by atoms with Gasteiger partial charge in [0.15, 0.2) is 5.69 Å². The number of nitrogens with zero attached hydrogens (tertiary/aromatic N) is 2. The minimum absolute atomic E-state index is 0.262. The van der Waals surface area contributed by atoms with E-state index in [1.165, 1.54) is 19.3 Å². The molecule has 1 fully saturated rings. The van der Waals surface area contributed by atoms with Crippen LogP contribution in [0.5, 0.6) is 0 Å². The van der Waals surface area contributed by atoms with Crippen molar-refractivity contribution in [2.45, 2.75) is 39.2 Å². The molecule has 1 saturated heterocycles. The number of piperidine rings is 1. The van der Waals surface area contributed by atoms with Gasteiger partial charge >= 0.3 is 5.97 Å². The van der Waals surface area contributed by atoms with Gasteiger partial charge in [-0.05, 0) is 32.4 Å². The van der Waals surface area contributed by atoms with Crippen molar-refractivity contribution in [2.24, 2.45) is 0 Å². The van der Waals surface area contributed by atoms with Crippen molar-refractivity contribution in [3.05, 3.63) is 15.6 Å². The zero-order chi connectivity index (χ0) is 12.3. The van der Waals surface area contributed by atoms with E-state index >= 15 is 0 Å². The van der Waals surface area contributed by atoms with Gasteiger partial charge in [0.05, 0.1) is 9.88 Å². The molecule has 4 nitrogen and oxygen atoms in total. The van der Waals surface area contributed by atoms with E-state index in [9.17, 15) is 4.79 Å². The van der Waals surface area contributed by atoms with Crippen molar-refractivity contribution < 1.29 is 9.90 Å². The van der Waals surface area contributed by atoms with Crippen LogP contribution in [0.25, 0.3) is 0 Å². The number of carbonyl (C=O) groups is 1. The number of aromatic carboxylic acids is 1. The van der Waals surface area contributed by atoms with Crippen LogP contribution >= 0.6 is 11.3 Å². The molecule has 0 radical (unpaired) electrons. The summed E-state index contributed by atoms with van der Waals surface area (Å²) in [6, 6.07) is 0. The van der Waals surface area contributed by atoms with Crippen LogP contribution in [-0.2, 0) is 13.0 Å². The fourth-order valence-electron chi connectivity index (χ4n) is 2.15. The summed E-state index contributed by atoms with van der Waals surface area (Å²) in [6.45, 7) is 4.92. The van der Waals surface area contributed by atoms with Crippen LogP contribution in [0.1, 0.15) is 46.6 Å². The largest absolute Gasteiger partial charge is 0.476 e. The van der Waals surface area contributed by atoms with Crippen LogP contribution in [0.3, 0.4) is 0 Å². The van der Waals surface area contributed by atoms with Crippen molar-refractivity contribution in [1.29, 1.82) is 0 Å². The second kappa shape index (κ2) is 5.60. The quantitative estimate of drug-likeness (QED) is 0.896. The molecule has 2 rings (SSSR count). The number of hydrogen-bond donors (Lipinski definition) is 1. The maximum absolute atomic E-state index is 11.1. The Balaban J connectivity index is 2.12. The van der Waals surface area contributed by atoms with E-state index < -0.39 is 5.97 Å². The number of rotatable bonds is 4. The normalized spacial score (nSPS) is 17.2. The Morgan fingerprint density at radius 2 is 2.12 bits per heavy atom. The van der Waals surface area contributed by atoms with Crippen LogP contribution in [-0.4, -0.2) is 34.0 Å². The average Bonchev–Trinajstić information content (AvgIpc) is 2.74. The van der Waals surface area contributed by atoms with Crippen molar-refractivity contribution in [3.8, 4) is 0 Å². The van der Waals surface area contributed by atoms with Crippen molar-refractivity contribution >= 4 is 17.3 Å². The van der Waals surface area contributed by atoms with Gasteiger partial charge in [-0.15, -0.1) is 11.3 Å². The van der Waals surface area contributed by atoms with Gasteiger partial charge in [0.1, 0.15) is 0 Å². The highest BCUT2D eigenvalue weighted by Gasteiger charge is 2.19. The summed E-state index contributed by atoms with van der Waals surface area (Å²) < 4.78 is 0. The molecular weight excluding hydrogens is 236 g/mol. The highest BCUT2D eigenvalue weighted by molar-refractivity contribution is 7.11. The summed E-state index contributed by atoms with van der Waals surface area (Å²) in [6.07, 6.45) is 4.56. The molecule has 2 heterocycles. The van der Waals surface area contributed by atoms with E-state index in [0.717, 1.165) is 35.9 Å². The summed E-state index contributed by atoms with van der Waals surface area (Å²) in [4.78, 5) is 18.6. The van der Waals surface area contributed by atoms with Gasteiger partial charge in [0, 0.05) is 6.54 Å². The second-order valence-corrected chi connectivity index (χ2v) is 5.54. The Labute approximate surface area is 105 Å². The van der Waals surface area contributed by atoms with Crippen LogP contribution < -0.4 is 0 Å². The number of carboxylic acid groups (broad SMARTS) is 1. The lowest BCUT2D eigenvalue weighted by Gasteiger charge is -2.25. The van der Waals surface area contributed by atoms with Crippen molar-refractivity contribution in [1.82, 2.24) is 9.88 Å². The molecule has 1 N–H and O–H groups in total. The summed E-state index contributed by atoms with van der Waals surface area (Å²) in [7, 11) is 0. The molecule has 5 heteroatoms. The first kappa shape index (κ1) is 12.5. The van der Waals surface area contributed by atoms with Crippen LogP contribution in [0.2, 0.25) is 0 Å². The van der Waals surface area contributed by atoms with E-state index in [-0.39, 0.29) is 5.69 Å². The molecule has 0 aromatic carbocycles. The number of carboxylic acids is 1. The maximum atomic E-state index is 11.1. The molecule has 0 unspecified atom stereocenters. The average molecular weight is 254 g/mol. The zero-order valence-corrected chi connectivity index (χ0v) is 10.9. The molecule has 0 atom stereocenters. The Kier molecular flexibility index (Phi) is 4.12. The van der Waals surface area contributed by atoms with Gasteiger partial charge in [-0.2, -0.15) is 0 Å². The van der Waals surface area contributed by atoms with Gasteiger partial charge in [0.2, 0.25) is 0 Å². The smallest absolute Gasteiger partial charge is 0.355 e. The van der Waals surface area contributed by atoms with Crippen LogP contribution in [0, 0.1) is 0 Å². The lowest BCUT2D eigenvalue weighted by molar-refractivity contribution is 0.0688. The van der Waals surface area contributed by atoms with Crippen molar-refractivity contribution in [2.75, 3.05) is 13.1 Å². The van der Waals surface area contributed by atoms with E-state index in [0.29, 0.717) is 0 Å². The maximum Gasteiger partial charge on any atom is 0.355 e. The van der Waals surface area contributed by atoms with E-state index in [1.807, 2.05) is 6.92 Å². The van der Waals surface area contributed by atoms with Crippen molar-refractivity contribution in [3.63, 3.8) is 0 Å². The van der Waals surface area contributed by atoms with Gasteiger partial charge in [-0.25, -0.2) is 9.78 Å². The van der Waals surface area contributed by atoms with Gasteiger partial charge in [0.25, 0.3) is 0 Å².